The Balaban J connectivity index is 1.76. The molecule has 0 saturated heterocycles. The molecule has 2 amide bonds. The van der Waals surface area contributed by atoms with Gasteiger partial charge in [0.1, 0.15) is 6.17 Å². The Kier molecular flexibility index (Phi) is 5.14. The van der Waals surface area contributed by atoms with Gasteiger partial charge in [-0.1, -0.05) is 24.3 Å². The molecule has 1 aliphatic heterocycles. The SMILES string of the molecule is CC(=O)Nc1ccc(N2C(=O)c3ccccc3NC2c2ccc(C(F)(F)F)cc2)cc1. The first-order valence-corrected chi connectivity index (χ1v) is 9.48. The first-order valence-electron chi connectivity index (χ1n) is 9.48. The van der Waals surface area contributed by atoms with E-state index >= 15 is 0 Å². The van der Waals surface area contributed by atoms with Gasteiger partial charge in [-0.2, -0.15) is 13.2 Å². The third kappa shape index (κ3) is 4.09. The molecule has 31 heavy (non-hydrogen) atoms. The Hall–Kier alpha value is -3.81. The number of nitrogens with one attached hydrogen (secondary N) is 2. The van der Waals surface area contributed by atoms with Crippen molar-refractivity contribution in [2.75, 3.05) is 15.5 Å². The van der Waals surface area contributed by atoms with Gasteiger partial charge in [-0.25, -0.2) is 0 Å². The van der Waals surface area contributed by atoms with Crippen LogP contribution in [-0.4, -0.2) is 11.8 Å². The molecule has 0 bridgehead atoms. The summed E-state index contributed by atoms with van der Waals surface area (Å²) in [5.74, 6) is -0.508. The van der Waals surface area contributed by atoms with Crippen LogP contribution in [0.5, 0.6) is 0 Å². The van der Waals surface area contributed by atoms with E-state index in [1.165, 1.54) is 24.0 Å². The summed E-state index contributed by atoms with van der Waals surface area (Å²) in [5, 5.41) is 5.91. The van der Waals surface area contributed by atoms with Crippen LogP contribution < -0.4 is 15.5 Å². The molecule has 8 heteroatoms. The van der Waals surface area contributed by atoms with E-state index in [-0.39, 0.29) is 11.8 Å². The average molecular weight is 425 g/mol. The molecular formula is C23H18F3N3O2. The third-order valence-corrected chi connectivity index (χ3v) is 4.95. The molecule has 158 valence electrons. The number of fused-ring (bicyclic) bond motifs is 1. The van der Waals surface area contributed by atoms with E-state index in [1.807, 2.05) is 0 Å². The predicted molar refractivity (Wildman–Crippen MR) is 112 cm³/mol. The van der Waals surface area contributed by atoms with E-state index in [2.05, 4.69) is 10.6 Å². The lowest BCUT2D eigenvalue weighted by Gasteiger charge is -2.38. The van der Waals surface area contributed by atoms with Gasteiger partial charge in [-0.05, 0) is 54.1 Å². The van der Waals surface area contributed by atoms with E-state index in [1.54, 1.807) is 48.5 Å². The minimum Gasteiger partial charge on any atom is -0.360 e. The molecule has 0 aliphatic carbocycles. The van der Waals surface area contributed by atoms with Gasteiger partial charge in [0.15, 0.2) is 0 Å². The van der Waals surface area contributed by atoms with Crippen LogP contribution in [0.15, 0.2) is 72.8 Å². The van der Waals surface area contributed by atoms with Gasteiger partial charge in [0.05, 0.1) is 11.1 Å². The Morgan fingerprint density at radius 3 is 2.23 bits per heavy atom. The lowest BCUT2D eigenvalue weighted by atomic mass is 10.0. The predicted octanol–water partition coefficient (Wildman–Crippen LogP) is 5.43. The van der Waals surface area contributed by atoms with Gasteiger partial charge in [0.2, 0.25) is 5.91 Å². The number of alkyl halides is 3. The van der Waals surface area contributed by atoms with Crippen molar-refractivity contribution < 1.29 is 22.8 Å². The molecule has 0 fully saturated rings. The van der Waals surface area contributed by atoms with Crippen molar-refractivity contribution in [3.63, 3.8) is 0 Å². The topological polar surface area (TPSA) is 61.4 Å². The van der Waals surface area contributed by atoms with Crippen LogP contribution in [0.1, 0.15) is 34.6 Å². The van der Waals surface area contributed by atoms with Crippen molar-refractivity contribution in [3.05, 3.63) is 89.5 Å². The molecule has 0 aromatic heterocycles. The standard InChI is InChI=1S/C23H18F3N3O2/c1-14(30)27-17-10-12-18(13-11-17)29-21(15-6-8-16(9-7-15)23(24,25)26)28-20-5-3-2-4-19(20)22(29)31/h2-13,21,28H,1H3,(H,27,30). The fourth-order valence-electron chi connectivity index (χ4n) is 3.52. The second-order valence-electron chi connectivity index (χ2n) is 7.12. The zero-order valence-corrected chi connectivity index (χ0v) is 16.4. The summed E-state index contributed by atoms with van der Waals surface area (Å²) in [6, 6.07) is 18.4. The summed E-state index contributed by atoms with van der Waals surface area (Å²) in [6.45, 7) is 1.39. The van der Waals surface area contributed by atoms with E-state index in [0.29, 0.717) is 28.2 Å². The summed E-state index contributed by atoms with van der Waals surface area (Å²) in [4.78, 5) is 26.1. The van der Waals surface area contributed by atoms with Crippen LogP contribution in [-0.2, 0) is 11.0 Å². The first-order chi connectivity index (χ1) is 14.7. The summed E-state index contributed by atoms with van der Waals surface area (Å²) in [7, 11) is 0. The summed E-state index contributed by atoms with van der Waals surface area (Å²) >= 11 is 0. The molecule has 3 aromatic rings. The van der Waals surface area contributed by atoms with E-state index in [9.17, 15) is 22.8 Å². The Morgan fingerprint density at radius 1 is 0.968 bits per heavy atom. The molecule has 4 rings (SSSR count). The monoisotopic (exact) mass is 425 g/mol. The van der Waals surface area contributed by atoms with Gasteiger partial charge in [-0.3, -0.25) is 14.5 Å². The molecule has 1 aliphatic rings. The lowest BCUT2D eigenvalue weighted by Crippen LogP contribution is -2.43. The van der Waals surface area contributed by atoms with Crippen molar-refractivity contribution in [3.8, 4) is 0 Å². The van der Waals surface area contributed by atoms with E-state index < -0.39 is 17.9 Å². The average Bonchev–Trinajstić information content (AvgIpc) is 2.74. The van der Waals surface area contributed by atoms with Crippen LogP contribution in [0.25, 0.3) is 0 Å². The molecule has 2 N–H and O–H groups in total. The van der Waals surface area contributed by atoms with Gasteiger partial charge >= 0.3 is 6.18 Å². The van der Waals surface area contributed by atoms with Gasteiger partial charge in [0.25, 0.3) is 5.91 Å². The Labute approximate surface area is 176 Å². The number of carbonyl (C=O) groups excluding carboxylic acids is 2. The Morgan fingerprint density at radius 2 is 1.61 bits per heavy atom. The van der Waals surface area contributed by atoms with Crippen LogP contribution in [0.3, 0.4) is 0 Å². The van der Waals surface area contributed by atoms with Crippen molar-refractivity contribution in [2.45, 2.75) is 19.3 Å². The maximum absolute atomic E-state index is 13.3. The van der Waals surface area contributed by atoms with Crippen molar-refractivity contribution >= 4 is 28.9 Å². The quantitative estimate of drug-likeness (QED) is 0.588. The van der Waals surface area contributed by atoms with Crippen molar-refractivity contribution in [1.29, 1.82) is 0 Å². The normalized spacial score (nSPS) is 15.8. The largest absolute Gasteiger partial charge is 0.416 e. The highest BCUT2D eigenvalue weighted by Crippen LogP contribution is 2.38. The molecule has 1 atom stereocenters. The van der Waals surface area contributed by atoms with Crippen LogP contribution in [0, 0.1) is 0 Å². The summed E-state index contributed by atoms with van der Waals surface area (Å²) in [5.41, 5.74) is 1.90. The second-order valence-corrected chi connectivity index (χ2v) is 7.12. The number of hydrogen-bond acceptors (Lipinski definition) is 3. The van der Waals surface area contributed by atoms with E-state index in [0.717, 1.165) is 12.1 Å². The number of rotatable bonds is 3. The van der Waals surface area contributed by atoms with Crippen LogP contribution >= 0.6 is 0 Å². The highest BCUT2D eigenvalue weighted by Gasteiger charge is 2.35. The van der Waals surface area contributed by atoms with Crippen LogP contribution in [0.2, 0.25) is 0 Å². The van der Waals surface area contributed by atoms with E-state index in [4.69, 9.17) is 0 Å². The number of hydrogen-bond donors (Lipinski definition) is 2. The number of benzene rings is 3. The number of carbonyl (C=O) groups is 2. The highest BCUT2D eigenvalue weighted by molar-refractivity contribution is 6.12. The molecule has 3 aromatic carbocycles. The summed E-state index contributed by atoms with van der Waals surface area (Å²) < 4.78 is 38.9. The molecule has 1 unspecified atom stereocenters. The second kappa shape index (κ2) is 7.79. The molecule has 0 spiro atoms. The molecular weight excluding hydrogens is 407 g/mol. The zero-order chi connectivity index (χ0) is 22.2. The first kappa shape index (κ1) is 20.5. The minimum absolute atomic E-state index is 0.222. The maximum atomic E-state index is 13.3. The van der Waals surface area contributed by atoms with Crippen molar-refractivity contribution in [2.24, 2.45) is 0 Å². The smallest absolute Gasteiger partial charge is 0.360 e. The summed E-state index contributed by atoms with van der Waals surface area (Å²) in [6.07, 6.45) is -5.16. The van der Waals surface area contributed by atoms with Crippen LogP contribution in [0.4, 0.5) is 30.2 Å². The Bertz CT molecular complexity index is 1130. The lowest BCUT2D eigenvalue weighted by molar-refractivity contribution is -0.137. The third-order valence-electron chi connectivity index (χ3n) is 4.95. The van der Waals surface area contributed by atoms with Gasteiger partial charge < -0.3 is 10.6 Å². The fraction of sp³-hybridized carbons (Fsp3) is 0.130. The number of para-hydroxylation sites is 1. The number of amides is 2. The number of anilines is 3. The minimum atomic E-state index is -4.44. The van der Waals surface area contributed by atoms with Gasteiger partial charge in [0, 0.05) is 24.0 Å². The zero-order valence-electron chi connectivity index (χ0n) is 16.4. The number of halogens is 3. The number of nitrogens with zero attached hydrogens (tertiary/aromatic N) is 1. The highest BCUT2D eigenvalue weighted by atomic mass is 19.4. The molecule has 1 heterocycles. The molecule has 0 radical (unpaired) electrons. The van der Waals surface area contributed by atoms with Crippen molar-refractivity contribution in [1.82, 2.24) is 0 Å². The molecule has 0 saturated carbocycles. The fourth-order valence-corrected chi connectivity index (χ4v) is 3.52. The molecule has 5 nitrogen and oxygen atoms in total. The maximum Gasteiger partial charge on any atom is 0.416 e. The van der Waals surface area contributed by atoms with Gasteiger partial charge in [-0.15, -0.1) is 0 Å².